The lowest BCUT2D eigenvalue weighted by Gasteiger charge is -2.11. The van der Waals surface area contributed by atoms with E-state index in [9.17, 15) is 9.59 Å². The van der Waals surface area contributed by atoms with Crippen LogP contribution in [-0.4, -0.2) is 23.0 Å². The van der Waals surface area contributed by atoms with Gasteiger partial charge >= 0.3 is 5.97 Å². The zero-order valence-corrected chi connectivity index (χ0v) is 11.8. The molecule has 4 nitrogen and oxygen atoms in total. The third kappa shape index (κ3) is 4.21. The van der Waals surface area contributed by atoms with Crippen LogP contribution >= 0.6 is 15.9 Å². The number of carboxylic acids is 1. The van der Waals surface area contributed by atoms with Gasteiger partial charge in [0.05, 0.1) is 0 Å². The molecule has 1 atom stereocenters. The van der Waals surface area contributed by atoms with E-state index in [4.69, 9.17) is 5.11 Å². The Hall–Kier alpha value is -1.62. The summed E-state index contributed by atoms with van der Waals surface area (Å²) in [5.41, 5.74) is 0.886. The lowest BCUT2D eigenvalue weighted by molar-refractivity contribution is -0.141. The van der Waals surface area contributed by atoms with Crippen molar-refractivity contribution in [3.63, 3.8) is 0 Å². The van der Waals surface area contributed by atoms with Gasteiger partial charge in [-0.15, -0.1) is 0 Å². The Morgan fingerprint density at radius 1 is 1.32 bits per heavy atom. The molecule has 1 amide bonds. The monoisotopic (exact) mass is 323 g/mol. The second-order valence-corrected chi connectivity index (χ2v) is 5.46. The first-order valence-corrected chi connectivity index (χ1v) is 6.82. The van der Waals surface area contributed by atoms with Crippen molar-refractivity contribution >= 4 is 33.9 Å². The van der Waals surface area contributed by atoms with Gasteiger partial charge in [-0.25, -0.2) is 4.79 Å². The van der Waals surface area contributed by atoms with E-state index in [1.54, 1.807) is 6.08 Å². The molecule has 0 spiro atoms. The lowest BCUT2D eigenvalue weighted by Crippen LogP contribution is -2.41. The van der Waals surface area contributed by atoms with E-state index < -0.39 is 12.0 Å². The van der Waals surface area contributed by atoms with E-state index >= 15 is 0 Å². The maximum Gasteiger partial charge on any atom is 0.326 e. The predicted octanol–water partition coefficient (Wildman–Crippen LogP) is 2.44. The zero-order valence-electron chi connectivity index (χ0n) is 10.2. The normalized spacial score (nSPS) is 16.3. The van der Waals surface area contributed by atoms with Crippen molar-refractivity contribution in [2.24, 2.45) is 5.92 Å². The Labute approximate surface area is 119 Å². The summed E-state index contributed by atoms with van der Waals surface area (Å²) in [4.78, 5) is 22.6. The molecule has 1 fully saturated rings. The first kappa shape index (κ1) is 13.8. The molecule has 1 aliphatic carbocycles. The number of benzene rings is 1. The van der Waals surface area contributed by atoms with Crippen LogP contribution < -0.4 is 5.32 Å². The Kier molecular flexibility index (Phi) is 4.37. The Morgan fingerprint density at radius 2 is 1.95 bits per heavy atom. The van der Waals surface area contributed by atoms with Crippen LogP contribution in [0.15, 0.2) is 34.8 Å². The van der Waals surface area contributed by atoms with Gasteiger partial charge in [-0.05, 0) is 42.5 Å². The molecular formula is C14H14BrNO3. The van der Waals surface area contributed by atoms with Crippen molar-refractivity contribution < 1.29 is 14.7 Å². The highest BCUT2D eigenvalue weighted by molar-refractivity contribution is 9.10. The molecule has 2 rings (SSSR count). The highest BCUT2D eigenvalue weighted by Crippen LogP contribution is 2.32. The number of aliphatic carboxylic acids is 1. The van der Waals surface area contributed by atoms with Crippen molar-refractivity contribution in [3.8, 4) is 0 Å². The van der Waals surface area contributed by atoms with Crippen LogP contribution in [0.3, 0.4) is 0 Å². The topological polar surface area (TPSA) is 66.4 Å². The molecule has 1 aromatic carbocycles. The third-order valence-electron chi connectivity index (χ3n) is 2.95. The number of hydrogen-bond donors (Lipinski definition) is 2. The van der Waals surface area contributed by atoms with E-state index in [0.717, 1.165) is 22.9 Å². The summed E-state index contributed by atoms with van der Waals surface area (Å²) in [6, 6.07) is 6.72. The van der Waals surface area contributed by atoms with Gasteiger partial charge in [0.2, 0.25) is 5.91 Å². The van der Waals surface area contributed by atoms with Crippen molar-refractivity contribution in [2.45, 2.75) is 18.9 Å². The molecule has 0 bridgehead atoms. The molecule has 1 aliphatic rings. The first-order chi connectivity index (χ1) is 9.06. The highest BCUT2D eigenvalue weighted by Gasteiger charge is 2.36. The summed E-state index contributed by atoms with van der Waals surface area (Å²) in [7, 11) is 0. The Bertz CT molecular complexity index is 506. The standard InChI is InChI=1S/C14H14BrNO3/c15-11-6-1-9(2-7-11)3-8-12(17)16-13(14(18)19)10-4-5-10/h1-3,6-8,10,13H,4-5H2,(H,16,17)(H,18,19)/b8-3+. The van der Waals surface area contributed by atoms with Gasteiger partial charge in [-0.3, -0.25) is 4.79 Å². The Balaban J connectivity index is 1.93. The number of carbonyl (C=O) groups excluding carboxylic acids is 1. The van der Waals surface area contributed by atoms with Gasteiger partial charge < -0.3 is 10.4 Å². The summed E-state index contributed by atoms with van der Waals surface area (Å²) in [6.45, 7) is 0. The molecule has 0 aromatic heterocycles. The van der Waals surface area contributed by atoms with Crippen molar-refractivity contribution in [1.29, 1.82) is 0 Å². The van der Waals surface area contributed by atoms with E-state index in [1.165, 1.54) is 6.08 Å². The molecule has 100 valence electrons. The van der Waals surface area contributed by atoms with Gasteiger partial charge in [0.25, 0.3) is 0 Å². The smallest absolute Gasteiger partial charge is 0.326 e. The van der Waals surface area contributed by atoms with E-state index in [0.29, 0.717) is 0 Å². The SMILES string of the molecule is O=C(/C=C/c1ccc(Br)cc1)NC(C(=O)O)C1CC1. The molecule has 1 aromatic rings. The predicted molar refractivity (Wildman–Crippen MR) is 75.5 cm³/mol. The summed E-state index contributed by atoms with van der Waals surface area (Å²) >= 11 is 3.33. The summed E-state index contributed by atoms with van der Waals surface area (Å²) in [5, 5.41) is 11.5. The summed E-state index contributed by atoms with van der Waals surface area (Å²) < 4.78 is 0.966. The highest BCUT2D eigenvalue weighted by atomic mass is 79.9. The average Bonchev–Trinajstić information content (AvgIpc) is 3.19. The largest absolute Gasteiger partial charge is 0.480 e. The van der Waals surface area contributed by atoms with Crippen LogP contribution in [0.25, 0.3) is 6.08 Å². The Morgan fingerprint density at radius 3 is 2.47 bits per heavy atom. The molecule has 0 saturated heterocycles. The molecule has 0 heterocycles. The summed E-state index contributed by atoms with van der Waals surface area (Å²) in [6.07, 6.45) is 4.76. The molecule has 2 N–H and O–H groups in total. The van der Waals surface area contributed by atoms with Gasteiger partial charge in [0.1, 0.15) is 6.04 Å². The molecule has 5 heteroatoms. The third-order valence-corrected chi connectivity index (χ3v) is 3.48. The van der Waals surface area contributed by atoms with Crippen molar-refractivity contribution in [2.75, 3.05) is 0 Å². The second kappa shape index (κ2) is 6.02. The van der Waals surface area contributed by atoms with E-state index in [2.05, 4.69) is 21.2 Å². The fourth-order valence-electron chi connectivity index (χ4n) is 1.76. The number of nitrogens with one attached hydrogen (secondary N) is 1. The molecule has 1 unspecified atom stereocenters. The van der Waals surface area contributed by atoms with Gasteiger partial charge in [0.15, 0.2) is 0 Å². The number of carboxylic acid groups (broad SMARTS) is 1. The minimum Gasteiger partial charge on any atom is -0.480 e. The molecule has 0 aliphatic heterocycles. The number of amides is 1. The summed E-state index contributed by atoms with van der Waals surface area (Å²) in [5.74, 6) is -1.25. The zero-order chi connectivity index (χ0) is 13.8. The fraction of sp³-hybridized carbons (Fsp3) is 0.286. The maximum atomic E-state index is 11.7. The molecule has 1 saturated carbocycles. The number of carbonyl (C=O) groups is 2. The molecule has 19 heavy (non-hydrogen) atoms. The minimum absolute atomic E-state index is 0.0857. The molecular weight excluding hydrogens is 310 g/mol. The van der Waals surface area contributed by atoms with Gasteiger partial charge in [-0.1, -0.05) is 28.1 Å². The van der Waals surface area contributed by atoms with Crippen LogP contribution in [0.1, 0.15) is 18.4 Å². The number of hydrogen-bond acceptors (Lipinski definition) is 2. The van der Waals surface area contributed by atoms with Crippen molar-refractivity contribution in [3.05, 3.63) is 40.4 Å². The maximum absolute atomic E-state index is 11.7. The van der Waals surface area contributed by atoms with E-state index in [-0.39, 0.29) is 11.8 Å². The number of rotatable bonds is 5. The van der Waals surface area contributed by atoms with E-state index in [1.807, 2.05) is 24.3 Å². The van der Waals surface area contributed by atoms with Crippen LogP contribution in [0.5, 0.6) is 0 Å². The first-order valence-electron chi connectivity index (χ1n) is 6.03. The van der Waals surface area contributed by atoms with Gasteiger partial charge in [-0.2, -0.15) is 0 Å². The van der Waals surface area contributed by atoms with Gasteiger partial charge in [0, 0.05) is 10.5 Å². The lowest BCUT2D eigenvalue weighted by atomic mass is 10.2. The van der Waals surface area contributed by atoms with Crippen LogP contribution in [0.2, 0.25) is 0 Å². The second-order valence-electron chi connectivity index (χ2n) is 4.55. The quantitative estimate of drug-likeness (QED) is 0.818. The number of halogens is 1. The van der Waals surface area contributed by atoms with Crippen molar-refractivity contribution in [1.82, 2.24) is 5.32 Å². The minimum atomic E-state index is -0.965. The van der Waals surface area contributed by atoms with Crippen LogP contribution in [-0.2, 0) is 9.59 Å². The average molecular weight is 324 g/mol. The van der Waals surface area contributed by atoms with Crippen LogP contribution in [0, 0.1) is 5.92 Å². The molecule has 0 radical (unpaired) electrons. The fourth-order valence-corrected chi connectivity index (χ4v) is 2.02. The van der Waals surface area contributed by atoms with Crippen LogP contribution in [0.4, 0.5) is 0 Å².